The van der Waals surface area contributed by atoms with Crippen LogP contribution in [0.2, 0.25) is 0 Å². The molecular formula is C21H22BrN3O2. The molecule has 0 spiro atoms. The first-order chi connectivity index (χ1) is 13.2. The molecule has 1 aromatic heterocycles. The molecule has 0 bridgehead atoms. The van der Waals surface area contributed by atoms with Gasteiger partial charge in [0.25, 0.3) is 0 Å². The minimum absolute atomic E-state index is 0.824. The van der Waals surface area contributed by atoms with Gasteiger partial charge in [-0.1, -0.05) is 15.9 Å². The van der Waals surface area contributed by atoms with E-state index in [4.69, 9.17) is 14.6 Å². The number of hydrogen-bond donors (Lipinski definition) is 1. The Bertz CT molecular complexity index is 951. The van der Waals surface area contributed by atoms with Crippen LogP contribution in [0.3, 0.4) is 0 Å². The van der Waals surface area contributed by atoms with Gasteiger partial charge < -0.3 is 14.8 Å². The van der Waals surface area contributed by atoms with Gasteiger partial charge in [-0.2, -0.15) is 5.10 Å². The van der Waals surface area contributed by atoms with Gasteiger partial charge in [-0.25, -0.2) is 4.68 Å². The Morgan fingerprint density at radius 3 is 2.59 bits per heavy atom. The van der Waals surface area contributed by atoms with Crippen molar-refractivity contribution in [3.63, 3.8) is 0 Å². The molecule has 0 amide bonds. The molecule has 5 nitrogen and oxygen atoms in total. The first-order valence-corrected chi connectivity index (χ1v) is 9.84. The Balaban J connectivity index is 1.90. The number of ether oxygens (including phenoxy) is 2. The van der Waals surface area contributed by atoms with E-state index < -0.39 is 0 Å². The molecule has 6 heteroatoms. The molecule has 140 valence electrons. The summed E-state index contributed by atoms with van der Waals surface area (Å²) in [5.74, 6) is 2.72. The van der Waals surface area contributed by atoms with Gasteiger partial charge in [0.2, 0.25) is 0 Å². The Morgan fingerprint density at radius 2 is 1.85 bits per heavy atom. The van der Waals surface area contributed by atoms with Gasteiger partial charge in [0.1, 0.15) is 23.0 Å². The van der Waals surface area contributed by atoms with Crippen LogP contribution < -0.4 is 14.8 Å². The standard InChI is InChI=1S/C21H22BrN3O2/c1-26-16-9-7-15(8-10-16)25-21-17(5-3-4-12-23-21)20(24-25)18-13-14(22)6-11-19(18)27-2/h6-11,13,23H,3-5,12H2,1-2H3. The van der Waals surface area contributed by atoms with E-state index in [1.807, 2.05) is 41.1 Å². The van der Waals surface area contributed by atoms with Crippen LogP contribution in [-0.2, 0) is 6.42 Å². The van der Waals surface area contributed by atoms with Gasteiger partial charge in [-0.3, -0.25) is 0 Å². The lowest BCUT2D eigenvalue weighted by atomic mass is 10.0. The number of rotatable bonds is 4. The zero-order valence-corrected chi connectivity index (χ0v) is 17.0. The SMILES string of the molecule is COc1ccc(-n2nc(-c3cc(Br)ccc3OC)c3c2NCCCC3)cc1. The summed E-state index contributed by atoms with van der Waals surface area (Å²) in [6, 6.07) is 14.0. The zero-order chi connectivity index (χ0) is 18.8. The minimum Gasteiger partial charge on any atom is -0.497 e. The van der Waals surface area contributed by atoms with E-state index in [1.54, 1.807) is 14.2 Å². The predicted octanol–water partition coefficient (Wildman–Crippen LogP) is 5.07. The lowest BCUT2D eigenvalue weighted by Crippen LogP contribution is -2.07. The predicted molar refractivity (Wildman–Crippen MR) is 111 cm³/mol. The second-order valence-electron chi connectivity index (χ2n) is 6.51. The molecule has 0 unspecified atom stereocenters. The maximum atomic E-state index is 5.62. The maximum Gasteiger partial charge on any atom is 0.133 e. The number of nitrogens with one attached hydrogen (secondary N) is 1. The molecule has 1 aliphatic heterocycles. The highest BCUT2D eigenvalue weighted by atomic mass is 79.9. The summed E-state index contributed by atoms with van der Waals surface area (Å²) in [6.07, 6.45) is 3.27. The number of nitrogens with zero attached hydrogens (tertiary/aromatic N) is 2. The van der Waals surface area contributed by atoms with Crippen LogP contribution in [0.5, 0.6) is 11.5 Å². The van der Waals surface area contributed by atoms with Crippen LogP contribution in [0, 0.1) is 0 Å². The lowest BCUT2D eigenvalue weighted by molar-refractivity contribution is 0.414. The van der Waals surface area contributed by atoms with E-state index in [0.29, 0.717) is 0 Å². The number of methoxy groups -OCH3 is 2. The van der Waals surface area contributed by atoms with Crippen molar-refractivity contribution in [3.05, 3.63) is 52.5 Å². The Morgan fingerprint density at radius 1 is 1.04 bits per heavy atom. The highest BCUT2D eigenvalue weighted by Gasteiger charge is 2.23. The van der Waals surface area contributed by atoms with E-state index in [1.165, 1.54) is 5.56 Å². The minimum atomic E-state index is 0.824. The second-order valence-corrected chi connectivity index (χ2v) is 7.43. The van der Waals surface area contributed by atoms with Crippen molar-refractivity contribution < 1.29 is 9.47 Å². The molecule has 2 heterocycles. The molecule has 2 aromatic carbocycles. The zero-order valence-electron chi connectivity index (χ0n) is 15.5. The van der Waals surface area contributed by atoms with Gasteiger partial charge in [-0.05, 0) is 61.7 Å². The molecular weight excluding hydrogens is 406 g/mol. The lowest BCUT2D eigenvalue weighted by Gasteiger charge is -2.09. The molecule has 4 rings (SSSR count). The van der Waals surface area contributed by atoms with E-state index >= 15 is 0 Å². The van der Waals surface area contributed by atoms with Gasteiger partial charge in [-0.15, -0.1) is 0 Å². The third-order valence-electron chi connectivity index (χ3n) is 4.86. The van der Waals surface area contributed by atoms with Crippen molar-refractivity contribution in [1.82, 2.24) is 9.78 Å². The van der Waals surface area contributed by atoms with Gasteiger partial charge in [0.15, 0.2) is 0 Å². The topological polar surface area (TPSA) is 48.3 Å². The van der Waals surface area contributed by atoms with Crippen molar-refractivity contribution >= 4 is 21.7 Å². The average molecular weight is 428 g/mol. The molecule has 0 fully saturated rings. The van der Waals surface area contributed by atoms with Crippen LogP contribution in [-0.4, -0.2) is 30.5 Å². The largest absolute Gasteiger partial charge is 0.497 e. The number of benzene rings is 2. The molecule has 0 atom stereocenters. The fourth-order valence-corrected chi connectivity index (χ4v) is 3.86. The smallest absolute Gasteiger partial charge is 0.133 e. The summed E-state index contributed by atoms with van der Waals surface area (Å²) < 4.78 is 13.9. The van der Waals surface area contributed by atoms with Crippen molar-refractivity contribution in [1.29, 1.82) is 0 Å². The van der Waals surface area contributed by atoms with Crippen molar-refractivity contribution in [3.8, 4) is 28.4 Å². The maximum absolute atomic E-state index is 5.62. The van der Waals surface area contributed by atoms with Gasteiger partial charge >= 0.3 is 0 Å². The van der Waals surface area contributed by atoms with E-state index in [0.717, 1.165) is 64.5 Å². The molecule has 0 saturated carbocycles. The monoisotopic (exact) mass is 427 g/mol. The summed E-state index contributed by atoms with van der Waals surface area (Å²) in [4.78, 5) is 0. The molecule has 27 heavy (non-hydrogen) atoms. The fraction of sp³-hybridized carbons (Fsp3) is 0.286. The van der Waals surface area contributed by atoms with Crippen LogP contribution in [0.25, 0.3) is 16.9 Å². The molecule has 3 aromatic rings. The summed E-state index contributed by atoms with van der Waals surface area (Å²) in [6.45, 7) is 0.948. The fourth-order valence-electron chi connectivity index (χ4n) is 3.49. The quantitative estimate of drug-likeness (QED) is 0.631. The van der Waals surface area contributed by atoms with Gasteiger partial charge in [0, 0.05) is 22.1 Å². The molecule has 1 N–H and O–H groups in total. The summed E-state index contributed by atoms with van der Waals surface area (Å²) in [5.41, 5.74) is 4.20. The van der Waals surface area contributed by atoms with E-state index in [-0.39, 0.29) is 0 Å². The number of hydrogen-bond acceptors (Lipinski definition) is 4. The van der Waals surface area contributed by atoms with E-state index in [2.05, 4.69) is 27.3 Å². The van der Waals surface area contributed by atoms with E-state index in [9.17, 15) is 0 Å². The molecule has 0 aliphatic carbocycles. The number of fused-ring (bicyclic) bond motifs is 1. The Kier molecular flexibility index (Phi) is 5.07. The van der Waals surface area contributed by atoms with Crippen molar-refractivity contribution in [2.75, 3.05) is 26.1 Å². The number of anilines is 1. The Labute approximate surface area is 167 Å². The molecule has 1 aliphatic rings. The first-order valence-electron chi connectivity index (χ1n) is 9.05. The third-order valence-corrected chi connectivity index (χ3v) is 5.36. The normalized spacial score (nSPS) is 13.4. The van der Waals surface area contributed by atoms with Gasteiger partial charge in [0.05, 0.1) is 19.9 Å². The third kappa shape index (κ3) is 3.41. The summed E-state index contributed by atoms with van der Waals surface area (Å²) in [5, 5.41) is 8.57. The highest BCUT2D eigenvalue weighted by Crippen LogP contribution is 2.39. The Hall–Kier alpha value is -2.47. The first kappa shape index (κ1) is 17.9. The van der Waals surface area contributed by atoms with Crippen LogP contribution in [0.1, 0.15) is 18.4 Å². The van der Waals surface area contributed by atoms with Crippen molar-refractivity contribution in [2.45, 2.75) is 19.3 Å². The van der Waals surface area contributed by atoms with Crippen LogP contribution in [0.4, 0.5) is 5.82 Å². The van der Waals surface area contributed by atoms with Crippen LogP contribution in [0.15, 0.2) is 46.9 Å². The number of aromatic nitrogens is 2. The van der Waals surface area contributed by atoms with Crippen LogP contribution >= 0.6 is 15.9 Å². The summed E-state index contributed by atoms with van der Waals surface area (Å²) in [7, 11) is 3.37. The molecule has 0 saturated heterocycles. The summed E-state index contributed by atoms with van der Waals surface area (Å²) >= 11 is 3.58. The van der Waals surface area contributed by atoms with Crippen molar-refractivity contribution in [2.24, 2.45) is 0 Å². The number of halogens is 1. The molecule has 0 radical (unpaired) electrons. The second kappa shape index (κ2) is 7.64. The average Bonchev–Trinajstić information content (AvgIpc) is 2.88. The highest BCUT2D eigenvalue weighted by molar-refractivity contribution is 9.10.